The Morgan fingerprint density at radius 1 is 0.292 bits per heavy atom. The van der Waals surface area contributed by atoms with E-state index in [0.29, 0.717) is 44.5 Å². The Morgan fingerprint density at radius 2 is 0.500 bits per heavy atom. The predicted octanol–water partition coefficient (Wildman–Crippen LogP) is 7.36. The van der Waals surface area contributed by atoms with Gasteiger partial charge in [0.25, 0.3) is 0 Å². The fourth-order valence-corrected chi connectivity index (χ4v) is 4.95. The Bertz CT molecular complexity index is 2200. The van der Waals surface area contributed by atoms with Crippen molar-refractivity contribution in [2.45, 2.75) is 34.6 Å². The summed E-state index contributed by atoms with van der Waals surface area (Å²) in [6.07, 6.45) is 0. The highest BCUT2D eigenvalue weighted by Crippen LogP contribution is 2.28. The number of phenolic OH excluding ortho intramolecular Hbond substituents is 5. The molecule has 0 fully saturated rings. The van der Waals surface area contributed by atoms with Crippen LogP contribution in [0.3, 0.4) is 0 Å². The molecule has 0 amide bonds. The van der Waals surface area contributed by atoms with E-state index in [9.17, 15) is 25.5 Å². The molecule has 0 saturated heterocycles. The fourth-order valence-electron chi connectivity index (χ4n) is 4.95. The molecule has 5 nitrogen and oxygen atoms in total. The first-order valence-electron chi connectivity index (χ1n) is 15.1. The Labute approximate surface area is 280 Å². The minimum Gasteiger partial charge on any atom is -0.507 e. The average Bonchev–Trinajstić information content (AvgIpc) is 3.04. The van der Waals surface area contributed by atoms with E-state index in [1.54, 1.807) is 72.8 Å². The predicted molar refractivity (Wildman–Crippen MR) is 188 cm³/mol. The van der Waals surface area contributed by atoms with E-state index >= 15 is 0 Å². The van der Waals surface area contributed by atoms with E-state index in [-0.39, 0.29) is 28.7 Å². The zero-order chi connectivity index (χ0) is 34.5. The number of aryl methyl sites for hydroxylation is 5. The van der Waals surface area contributed by atoms with Crippen molar-refractivity contribution >= 4 is 0 Å². The second kappa shape index (κ2) is 13.8. The summed E-state index contributed by atoms with van der Waals surface area (Å²) < 4.78 is 0. The molecule has 0 aliphatic rings. The zero-order valence-electron chi connectivity index (χ0n) is 27.2. The van der Waals surface area contributed by atoms with Gasteiger partial charge >= 0.3 is 0 Å². The number of rotatable bonds is 0. The lowest BCUT2D eigenvalue weighted by Gasteiger charge is -2.05. The highest BCUT2D eigenvalue weighted by Gasteiger charge is 2.10. The zero-order valence-corrected chi connectivity index (χ0v) is 27.2. The molecular formula is C43H32O5. The number of hydrogen-bond acceptors (Lipinski definition) is 5. The van der Waals surface area contributed by atoms with Crippen LogP contribution in [0.25, 0.3) is 0 Å². The van der Waals surface area contributed by atoms with Gasteiger partial charge < -0.3 is 25.5 Å². The molecule has 0 unspecified atom stereocenters. The lowest BCUT2D eigenvalue weighted by molar-refractivity contribution is 0.470. The van der Waals surface area contributed by atoms with Gasteiger partial charge in [0.05, 0.1) is 44.5 Å². The van der Waals surface area contributed by atoms with E-state index in [1.165, 1.54) is 0 Å². The molecule has 5 aromatic carbocycles. The molecule has 234 valence electrons. The maximum Gasteiger partial charge on any atom is 0.146 e. The molecule has 5 rings (SSSR count). The van der Waals surface area contributed by atoms with Crippen LogP contribution < -0.4 is 0 Å². The second-order valence-electron chi connectivity index (χ2n) is 11.7. The van der Waals surface area contributed by atoms with Crippen LogP contribution in [0, 0.1) is 82.0 Å². The van der Waals surface area contributed by atoms with E-state index in [2.05, 4.69) is 47.4 Å². The Morgan fingerprint density at radius 3 is 0.750 bits per heavy atom. The standard InChI is InChI=1S/C43H32O5/c1-26-6-16-39(44)31(18-26)8-10-33-20-28(3)22-35(41(33)46)12-14-37-24-30(5)25-38(43(37)48)15-13-36-23-29(4)21-34(42(36)47)11-9-32-19-27(2)7-17-40(32)45/h6-7,16-25,44-48H,1-5H3. The van der Waals surface area contributed by atoms with Gasteiger partial charge in [0, 0.05) is 0 Å². The van der Waals surface area contributed by atoms with Gasteiger partial charge in [-0.05, 0) is 123 Å². The number of aromatic hydroxyl groups is 5. The minimum atomic E-state index is -0.134. The van der Waals surface area contributed by atoms with Gasteiger partial charge in [-0.25, -0.2) is 0 Å². The summed E-state index contributed by atoms with van der Waals surface area (Å²) in [6, 6.07) is 20.6. The first-order valence-corrected chi connectivity index (χ1v) is 15.1. The van der Waals surface area contributed by atoms with Gasteiger partial charge in [0.1, 0.15) is 28.7 Å². The molecule has 5 heteroatoms. The summed E-state index contributed by atoms with van der Waals surface area (Å²) in [5.74, 6) is 23.3. The lowest BCUT2D eigenvalue weighted by atomic mass is 10.0. The lowest BCUT2D eigenvalue weighted by Crippen LogP contribution is -1.89. The maximum atomic E-state index is 11.1. The fraction of sp³-hybridized carbons (Fsp3) is 0.116. The van der Waals surface area contributed by atoms with Gasteiger partial charge in [-0.3, -0.25) is 0 Å². The average molecular weight is 629 g/mol. The molecule has 5 aromatic rings. The number of benzene rings is 5. The summed E-state index contributed by atoms with van der Waals surface area (Å²) in [4.78, 5) is 0. The van der Waals surface area contributed by atoms with Crippen LogP contribution in [0.1, 0.15) is 72.3 Å². The SMILES string of the molecule is Cc1ccc(O)c(C#Cc2cc(C)cc(C#Cc3cc(C)cc(C#Cc4cc(C)cc(C#Cc5cc(C)ccc5O)c4O)c3O)c2O)c1. The van der Waals surface area contributed by atoms with Crippen molar-refractivity contribution in [3.8, 4) is 76.1 Å². The van der Waals surface area contributed by atoms with Crippen molar-refractivity contribution < 1.29 is 25.5 Å². The molecule has 0 heterocycles. The molecule has 0 saturated carbocycles. The summed E-state index contributed by atoms with van der Waals surface area (Å²) in [5, 5.41) is 53.4. The quantitative estimate of drug-likeness (QED) is 0.115. The molecular weight excluding hydrogens is 596 g/mol. The van der Waals surface area contributed by atoms with Crippen LogP contribution in [-0.4, -0.2) is 25.5 Å². The highest BCUT2D eigenvalue weighted by molar-refractivity contribution is 5.65. The molecule has 0 atom stereocenters. The van der Waals surface area contributed by atoms with E-state index in [1.807, 2.05) is 34.6 Å². The first-order chi connectivity index (χ1) is 22.9. The molecule has 0 spiro atoms. The van der Waals surface area contributed by atoms with Crippen LogP contribution in [-0.2, 0) is 0 Å². The molecule has 0 bridgehead atoms. The van der Waals surface area contributed by atoms with Gasteiger partial charge in [0.2, 0.25) is 0 Å². The topological polar surface area (TPSA) is 101 Å². The first kappa shape index (κ1) is 32.7. The Hall–Kier alpha value is -6.66. The summed E-state index contributed by atoms with van der Waals surface area (Å²) >= 11 is 0. The van der Waals surface area contributed by atoms with Crippen LogP contribution in [0.5, 0.6) is 28.7 Å². The van der Waals surface area contributed by atoms with Crippen molar-refractivity contribution in [3.05, 3.63) is 145 Å². The molecule has 0 aliphatic carbocycles. The van der Waals surface area contributed by atoms with Crippen molar-refractivity contribution in [2.75, 3.05) is 0 Å². The third kappa shape index (κ3) is 7.58. The third-order valence-corrected chi connectivity index (χ3v) is 7.39. The third-order valence-electron chi connectivity index (χ3n) is 7.39. The monoisotopic (exact) mass is 628 g/mol. The van der Waals surface area contributed by atoms with Gasteiger partial charge in [-0.2, -0.15) is 0 Å². The molecule has 0 aliphatic heterocycles. The minimum absolute atomic E-state index is 0.0556. The summed E-state index contributed by atoms with van der Waals surface area (Å²) in [5.41, 5.74) is 7.27. The smallest absolute Gasteiger partial charge is 0.146 e. The molecule has 0 aromatic heterocycles. The normalized spacial score (nSPS) is 9.94. The summed E-state index contributed by atoms with van der Waals surface area (Å²) in [6.45, 7) is 9.39. The van der Waals surface area contributed by atoms with E-state index < -0.39 is 0 Å². The van der Waals surface area contributed by atoms with E-state index in [0.717, 1.165) is 27.8 Å². The van der Waals surface area contributed by atoms with Crippen LogP contribution >= 0.6 is 0 Å². The van der Waals surface area contributed by atoms with Crippen LogP contribution in [0.15, 0.2) is 72.8 Å². The highest BCUT2D eigenvalue weighted by atomic mass is 16.3. The maximum absolute atomic E-state index is 11.1. The number of phenols is 5. The van der Waals surface area contributed by atoms with Crippen molar-refractivity contribution in [1.29, 1.82) is 0 Å². The van der Waals surface area contributed by atoms with Crippen molar-refractivity contribution in [2.24, 2.45) is 0 Å². The van der Waals surface area contributed by atoms with E-state index in [4.69, 9.17) is 0 Å². The Kier molecular flexibility index (Phi) is 9.39. The van der Waals surface area contributed by atoms with Crippen LogP contribution in [0.2, 0.25) is 0 Å². The van der Waals surface area contributed by atoms with Crippen molar-refractivity contribution in [1.82, 2.24) is 0 Å². The van der Waals surface area contributed by atoms with Gasteiger partial charge in [-0.15, -0.1) is 0 Å². The molecule has 0 radical (unpaired) electrons. The Balaban J connectivity index is 1.48. The molecule has 48 heavy (non-hydrogen) atoms. The second-order valence-corrected chi connectivity index (χ2v) is 11.7. The molecule has 5 N–H and O–H groups in total. The number of hydrogen-bond donors (Lipinski definition) is 5. The van der Waals surface area contributed by atoms with Crippen LogP contribution in [0.4, 0.5) is 0 Å². The van der Waals surface area contributed by atoms with Gasteiger partial charge in [-0.1, -0.05) is 59.5 Å². The largest absolute Gasteiger partial charge is 0.507 e. The summed E-state index contributed by atoms with van der Waals surface area (Å²) in [7, 11) is 0. The van der Waals surface area contributed by atoms with Crippen molar-refractivity contribution in [3.63, 3.8) is 0 Å². The van der Waals surface area contributed by atoms with Gasteiger partial charge in [0.15, 0.2) is 0 Å².